The van der Waals surface area contributed by atoms with Gasteiger partial charge in [-0.1, -0.05) is 62.7 Å². The number of carbonyl (C=O) groups is 1. The fourth-order valence-corrected chi connectivity index (χ4v) is 5.12. The molecule has 0 spiro atoms. The molecule has 0 saturated heterocycles. The molecule has 1 aromatic carbocycles. The first-order valence-electron chi connectivity index (χ1n) is 10.1. The van der Waals surface area contributed by atoms with Crippen molar-refractivity contribution in [3.8, 4) is 10.4 Å². The highest BCUT2D eigenvalue weighted by atomic mass is 35.5. The van der Waals surface area contributed by atoms with E-state index in [1.54, 1.807) is 49.5 Å². The maximum Gasteiger partial charge on any atom is 0.431 e. The lowest BCUT2D eigenvalue weighted by molar-refractivity contribution is -0.143. The van der Waals surface area contributed by atoms with Crippen molar-refractivity contribution in [3.63, 3.8) is 0 Å². The fraction of sp³-hybridized carbons (Fsp3) is 0.375. The smallest absolute Gasteiger partial charge is 0.340 e. The van der Waals surface area contributed by atoms with Crippen LogP contribution in [0.3, 0.4) is 0 Å². The van der Waals surface area contributed by atoms with Crippen LogP contribution >= 0.6 is 22.9 Å². The quantitative estimate of drug-likeness (QED) is 0.373. The van der Waals surface area contributed by atoms with Crippen molar-refractivity contribution in [1.29, 1.82) is 0 Å². The highest BCUT2D eigenvalue weighted by molar-refractivity contribution is 7.19. The van der Waals surface area contributed by atoms with Gasteiger partial charge in [0.1, 0.15) is 11.4 Å². The standard InChI is InChI=1S/C24H26ClF3N2OS/c1-15-19(17-11-12-18(25)32-17)20(22(31)29(5)14-23(2,3)4)30(21(15)24(26,27)28)13-16-9-7-6-8-10-16/h6-12H,13-14H2,1-5H3. The fourth-order valence-electron chi connectivity index (χ4n) is 3.97. The molecule has 0 radical (unpaired) electrons. The maximum atomic E-state index is 14.3. The van der Waals surface area contributed by atoms with Crippen molar-refractivity contribution in [3.05, 3.63) is 69.3 Å². The average molecular weight is 483 g/mol. The number of benzene rings is 1. The Bertz CT molecular complexity index is 1110. The topological polar surface area (TPSA) is 25.2 Å². The summed E-state index contributed by atoms with van der Waals surface area (Å²) in [6.07, 6.45) is -4.63. The zero-order valence-electron chi connectivity index (χ0n) is 18.7. The van der Waals surface area contributed by atoms with Crippen LogP contribution in [0.1, 0.15) is 48.1 Å². The van der Waals surface area contributed by atoms with Gasteiger partial charge in [0, 0.05) is 30.6 Å². The van der Waals surface area contributed by atoms with Crippen molar-refractivity contribution in [2.75, 3.05) is 13.6 Å². The van der Waals surface area contributed by atoms with E-state index >= 15 is 0 Å². The van der Waals surface area contributed by atoms with Crippen molar-refractivity contribution < 1.29 is 18.0 Å². The maximum absolute atomic E-state index is 14.3. The highest BCUT2D eigenvalue weighted by Crippen LogP contribution is 2.44. The first-order chi connectivity index (χ1) is 14.8. The van der Waals surface area contributed by atoms with Gasteiger partial charge in [0.05, 0.1) is 4.34 Å². The monoisotopic (exact) mass is 482 g/mol. The van der Waals surface area contributed by atoms with E-state index in [2.05, 4.69) is 0 Å². The van der Waals surface area contributed by atoms with Crippen LogP contribution in [-0.2, 0) is 12.7 Å². The molecule has 32 heavy (non-hydrogen) atoms. The van der Waals surface area contributed by atoms with E-state index in [1.807, 2.05) is 20.8 Å². The molecule has 8 heteroatoms. The van der Waals surface area contributed by atoms with Gasteiger partial charge in [0.2, 0.25) is 0 Å². The minimum Gasteiger partial charge on any atom is -0.340 e. The summed E-state index contributed by atoms with van der Waals surface area (Å²) in [5, 5.41) is 0. The number of carbonyl (C=O) groups excluding carboxylic acids is 1. The van der Waals surface area contributed by atoms with Gasteiger partial charge in [-0.3, -0.25) is 4.79 Å². The second-order valence-electron chi connectivity index (χ2n) is 9.09. The Morgan fingerprint density at radius 3 is 2.22 bits per heavy atom. The minimum absolute atomic E-state index is 0.0273. The Balaban J connectivity index is 2.30. The molecule has 0 aliphatic heterocycles. The molecule has 0 unspecified atom stereocenters. The molecule has 3 nitrogen and oxygen atoms in total. The lowest BCUT2D eigenvalue weighted by Gasteiger charge is -2.27. The van der Waals surface area contributed by atoms with E-state index in [9.17, 15) is 18.0 Å². The number of hydrogen-bond acceptors (Lipinski definition) is 2. The first kappa shape index (κ1) is 24.4. The summed E-state index contributed by atoms with van der Waals surface area (Å²) in [6, 6.07) is 12.2. The number of halogens is 4. The zero-order valence-corrected chi connectivity index (χ0v) is 20.3. The third kappa shape index (κ3) is 5.21. The van der Waals surface area contributed by atoms with Crippen LogP contribution in [0.4, 0.5) is 13.2 Å². The molecule has 172 valence electrons. The number of alkyl halides is 3. The van der Waals surface area contributed by atoms with Crippen molar-refractivity contribution in [1.82, 2.24) is 9.47 Å². The number of aromatic nitrogens is 1. The Hall–Kier alpha value is -2.25. The molecule has 0 bridgehead atoms. The van der Waals surface area contributed by atoms with Gasteiger partial charge in [-0.15, -0.1) is 11.3 Å². The summed E-state index contributed by atoms with van der Waals surface area (Å²) >= 11 is 7.27. The lowest BCUT2D eigenvalue weighted by Crippen LogP contribution is -2.36. The normalized spacial score (nSPS) is 12.3. The van der Waals surface area contributed by atoms with Gasteiger partial charge in [-0.05, 0) is 35.6 Å². The number of rotatable bonds is 5. The van der Waals surface area contributed by atoms with Gasteiger partial charge >= 0.3 is 6.18 Å². The average Bonchev–Trinajstić information content (AvgIpc) is 3.20. The Morgan fingerprint density at radius 1 is 1.09 bits per heavy atom. The molecular weight excluding hydrogens is 457 g/mol. The molecule has 3 aromatic rings. The van der Waals surface area contributed by atoms with Crippen LogP contribution in [0.2, 0.25) is 4.34 Å². The molecule has 0 fully saturated rings. The summed E-state index contributed by atoms with van der Waals surface area (Å²) in [5.41, 5.74) is -0.000705. The van der Waals surface area contributed by atoms with E-state index in [4.69, 9.17) is 11.6 Å². The molecular formula is C24H26ClF3N2OS. The van der Waals surface area contributed by atoms with E-state index in [0.717, 1.165) is 15.9 Å². The van der Waals surface area contributed by atoms with Crippen LogP contribution in [-0.4, -0.2) is 29.0 Å². The largest absolute Gasteiger partial charge is 0.431 e. The lowest BCUT2D eigenvalue weighted by atomic mass is 9.96. The number of thiophene rings is 1. The van der Waals surface area contributed by atoms with E-state index < -0.39 is 17.8 Å². The molecule has 2 heterocycles. The number of amides is 1. The Labute approximate surface area is 195 Å². The van der Waals surface area contributed by atoms with Crippen LogP contribution in [0.25, 0.3) is 10.4 Å². The van der Waals surface area contributed by atoms with Crippen molar-refractivity contribution in [2.24, 2.45) is 5.41 Å². The summed E-state index contributed by atoms with van der Waals surface area (Å²) in [7, 11) is 1.63. The Kier molecular flexibility index (Phi) is 6.82. The molecule has 2 aromatic heterocycles. The van der Waals surface area contributed by atoms with Gasteiger partial charge in [0.25, 0.3) is 5.91 Å². The summed E-state index contributed by atoms with van der Waals surface area (Å²) in [6.45, 7) is 7.69. The second kappa shape index (κ2) is 8.94. The third-order valence-corrected chi connectivity index (χ3v) is 6.29. The van der Waals surface area contributed by atoms with Gasteiger partial charge in [-0.25, -0.2) is 0 Å². The molecule has 3 rings (SSSR count). The van der Waals surface area contributed by atoms with E-state index in [1.165, 1.54) is 11.8 Å². The third-order valence-electron chi connectivity index (χ3n) is 5.04. The number of hydrogen-bond donors (Lipinski definition) is 0. The van der Waals surface area contributed by atoms with Gasteiger partial charge in [-0.2, -0.15) is 13.2 Å². The molecule has 0 N–H and O–H groups in total. The number of nitrogens with zero attached hydrogens (tertiary/aromatic N) is 2. The minimum atomic E-state index is -4.63. The summed E-state index contributed by atoms with van der Waals surface area (Å²) in [5.74, 6) is -0.450. The van der Waals surface area contributed by atoms with Crippen LogP contribution in [0.15, 0.2) is 42.5 Å². The van der Waals surface area contributed by atoms with Crippen LogP contribution < -0.4 is 0 Å². The van der Waals surface area contributed by atoms with Crippen molar-refractivity contribution >= 4 is 28.8 Å². The summed E-state index contributed by atoms with van der Waals surface area (Å²) < 4.78 is 44.4. The van der Waals surface area contributed by atoms with Crippen LogP contribution in [0.5, 0.6) is 0 Å². The molecule has 0 atom stereocenters. The van der Waals surface area contributed by atoms with Crippen LogP contribution in [0, 0.1) is 12.3 Å². The first-order valence-corrected chi connectivity index (χ1v) is 11.3. The van der Waals surface area contributed by atoms with E-state index in [0.29, 0.717) is 21.3 Å². The predicted octanol–water partition coefficient (Wildman–Crippen LogP) is 7.36. The van der Waals surface area contributed by atoms with Crippen molar-refractivity contribution in [2.45, 2.75) is 40.4 Å². The SMILES string of the molecule is Cc1c(-c2ccc(Cl)s2)c(C(=O)N(C)CC(C)(C)C)n(Cc2ccccc2)c1C(F)(F)F. The van der Waals surface area contributed by atoms with E-state index in [-0.39, 0.29) is 28.8 Å². The second-order valence-corrected chi connectivity index (χ2v) is 10.8. The zero-order chi connectivity index (χ0) is 23.8. The van der Waals surface area contributed by atoms with Gasteiger partial charge < -0.3 is 9.47 Å². The molecule has 0 aliphatic rings. The summed E-state index contributed by atoms with van der Waals surface area (Å²) in [4.78, 5) is 15.7. The Morgan fingerprint density at radius 2 is 1.72 bits per heavy atom. The highest BCUT2D eigenvalue weighted by Gasteiger charge is 2.42. The van der Waals surface area contributed by atoms with Gasteiger partial charge in [0.15, 0.2) is 0 Å². The molecule has 1 amide bonds. The molecule has 0 saturated carbocycles. The molecule has 0 aliphatic carbocycles. The predicted molar refractivity (Wildman–Crippen MR) is 124 cm³/mol.